The molecule has 1 aromatic heterocycles. The number of aromatic nitrogens is 2. The molecule has 29 heavy (non-hydrogen) atoms. The van der Waals surface area contributed by atoms with Crippen LogP contribution in [0.3, 0.4) is 0 Å². The molecule has 1 atom stereocenters. The zero-order valence-electron chi connectivity index (χ0n) is 17.0. The Morgan fingerprint density at radius 1 is 1.07 bits per heavy atom. The summed E-state index contributed by atoms with van der Waals surface area (Å²) >= 11 is 0. The molecule has 0 radical (unpaired) electrons. The summed E-state index contributed by atoms with van der Waals surface area (Å²) in [5.41, 5.74) is 2.83. The highest BCUT2D eigenvalue weighted by molar-refractivity contribution is 5.70. The molecule has 0 fully saturated rings. The number of carbonyl (C=O) groups is 1. The molecule has 0 saturated heterocycles. The maximum absolute atomic E-state index is 12.3. The molecule has 1 unspecified atom stereocenters. The fourth-order valence-corrected chi connectivity index (χ4v) is 2.91. The van der Waals surface area contributed by atoms with Crippen molar-refractivity contribution in [2.24, 2.45) is 0 Å². The van der Waals surface area contributed by atoms with Gasteiger partial charge in [-0.2, -0.15) is 0 Å². The molecule has 0 bridgehead atoms. The van der Waals surface area contributed by atoms with E-state index < -0.39 is 6.10 Å². The van der Waals surface area contributed by atoms with Crippen LogP contribution in [0.15, 0.2) is 46.9 Å². The molecule has 0 saturated carbocycles. The van der Waals surface area contributed by atoms with E-state index in [-0.39, 0.29) is 18.3 Å². The van der Waals surface area contributed by atoms with Gasteiger partial charge in [0.2, 0.25) is 5.89 Å². The van der Waals surface area contributed by atoms with Gasteiger partial charge in [-0.25, -0.2) is 0 Å². The molecule has 3 rings (SSSR count). The number of benzene rings is 2. The van der Waals surface area contributed by atoms with Crippen molar-refractivity contribution in [1.82, 2.24) is 10.2 Å². The minimum Gasteiger partial charge on any atom is -0.493 e. The summed E-state index contributed by atoms with van der Waals surface area (Å²) in [6.07, 6.45) is 0.0124. The molecule has 0 aliphatic rings. The van der Waals surface area contributed by atoms with Gasteiger partial charge in [0, 0.05) is 12.0 Å². The maximum atomic E-state index is 12.3. The van der Waals surface area contributed by atoms with Crippen LogP contribution in [0.4, 0.5) is 0 Å². The largest absolute Gasteiger partial charge is 0.493 e. The molecule has 0 N–H and O–H groups in total. The number of esters is 1. The third-order valence-corrected chi connectivity index (χ3v) is 4.48. The summed E-state index contributed by atoms with van der Waals surface area (Å²) in [7, 11) is 3.15. The lowest BCUT2D eigenvalue weighted by atomic mass is 10.1. The smallest absolute Gasteiger partial charge is 0.306 e. The average Bonchev–Trinajstić information content (AvgIpc) is 3.22. The Morgan fingerprint density at radius 2 is 1.83 bits per heavy atom. The molecule has 7 heteroatoms. The summed E-state index contributed by atoms with van der Waals surface area (Å²) in [6.45, 7) is 3.71. The lowest BCUT2D eigenvalue weighted by Crippen LogP contribution is -2.10. The van der Waals surface area contributed by atoms with Crippen molar-refractivity contribution < 1.29 is 23.4 Å². The van der Waals surface area contributed by atoms with E-state index in [2.05, 4.69) is 10.2 Å². The van der Waals surface area contributed by atoms with Crippen molar-refractivity contribution in [3.63, 3.8) is 0 Å². The molecular formula is C22H24N2O5. The highest BCUT2D eigenvalue weighted by Crippen LogP contribution is 2.31. The lowest BCUT2D eigenvalue weighted by Gasteiger charge is -2.13. The first-order valence-corrected chi connectivity index (χ1v) is 9.31. The average molecular weight is 396 g/mol. The summed E-state index contributed by atoms with van der Waals surface area (Å²) in [5, 5.41) is 8.05. The minimum atomic E-state index is -0.638. The first kappa shape index (κ1) is 20.4. The summed E-state index contributed by atoms with van der Waals surface area (Å²) in [4.78, 5) is 12.3. The van der Waals surface area contributed by atoms with Gasteiger partial charge in [0.05, 0.1) is 14.2 Å². The van der Waals surface area contributed by atoms with Gasteiger partial charge >= 0.3 is 5.97 Å². The zero-order valence-corrected chi connectivity index (χ0v) is 17.0. The van der Waals surface area contributed by atoms with Crippen LogP contribution in [0.1, 0.15) is 36.5 Å². The molecular weight excluding hydrogens is 372 g/mol. The molecule has 1 heterocycles. The number of para-hydroxylation sites is 1. The standard InChI is InChI=1S/C22H24N2O5/c1-14-8-10-17(11-9-14)22-24-23-21(29-22)15(2)28-19(25)13-12-16-6-5-7-18(26-3)20(16)27-4/h5-11,15H,12-13H2,1-4H3. The van der Waals surface area contributed by atoms with Crippen molar-refractivity contribution in [1.29, 1.82) is 0 Å². The van der Waals surface area contributed by atoms with Gasteiger partial charge in [0.25, 0.3) is 5.89 Å². The predicted molar refractivity (Wildman–Crippen MR) is 107 cm³/mol. The normalized spacial score (nSPS) is 11.7. The zero-order chi connectivity index (χ0) is 20.8. The number of carbonyl (C=O) groups excluding carboxylic acids is 1. The third kappa shape index (κ3) is 4.93. The second-order valence-corrected chi connectivity index (χ2v) is 6.60. The fraction of sp³-hybridized carbons (Fsp3) is 0.318. The van der Waals surface area contributed by atoms with Gasteiger partial charge in [-0.1, -0.05) is 29.8 Å². The quantitative estimate of drug-likeness (QED) is 0.525. The molecule has 3 aromatic rings. The number of ether oxygens (including phenoxy) is 3. The topological polar surface area (TPSA) is 83.7 Å². The second kappa shape index (κ2) is 9.23. The summed E-state index contributed by atoms with van der Waals surface area (Å²) in [5.74, 6) is 1.53. The number of hydrogen-bond donors (Lipinski definition) is 0. The van der Waals surface area contributed by atoms with Gasteiger partial charge in [-0.3, -0.25) is 4.79 Å². The van der Waals surface area contributed by atoms with Crippen LogP contribution < -0.4 is 9.47 Å². The van der Waals surface area contributed by atoms with Crippen molar-refractivity contribution in [3.05, 3.63) is 59.5 Å². The Labute approximate surface area is 169 Å². The predicted octanol–water partition coefficient (Wildman–Crippen LogP) is 4.30. The van der Waals surface area contributed by atoms with E-state index in [0.29, 0.717) is 23.8 Å². The first-order valence-electron chi connectivity index (χ1n) is 9.31. The van der Waals surface area contributed by atoms with Crippen LogP contribution in [0.2, 0.25) is 0 Å². The molecule has 152 valence electrons. The van der Waals surface area contributed by atoms with E-state index in [0.717, 1.165) is 16.7 Å². The SMILES string of the molecule is COc1cccc(CCC(=O)OC(C)c2nnc(-c3ccc(C)cc3)o2)c1OC. The van der Waals surface area contributed by atoms with E-state index in [1.54, 1.807) is 21.1 Å². The Bertz CT molecular complexity index is 966. The molecule has 0 aliphatic heterocycles. The minimum absolute atomic E-state index is 0.187. The van der Waals surface area contributed by atoms with Crippen molar-refractivity contribution in [3.8, 4) is 23.0 Å². The van der Waals surface area contributed by atoms with E-state index >= 15 is 0 Å². The van der Waals surface area contributed by atoms with Crippen molar-refractivity contribution in [2.75, 3.05) is 14.2 Å². The molecule has 7 nitrogen and oxygen atoms in total. The Morgan fingerprint density at radius 3 is 2.52 bits per heavy atom. The molecule has 0 aliphatic carbocycles. The third-order valence-electron chi connectivity index (χ3n) is 4.48. The number of nitrogens with zero attached hydrogens (tertiary/aromatic N) is 2. The molecule has 2 aromatic carbocycles. The number of hydrogen-bond acceptors (Lipinski definition) is 7. The molecule has 0 amide bonds. The molecule has 0 spiro atoms. The Kier molecular flexibility index (Phi) is 6.49. The van der Waals surface area contributed by atoms with Crippen LogP contribution in [0, 0.1) is 6.92 Å². The summed E-state index contributed by atoms with van der Waals surface area (Å²) in [6, 6.07) is 13.3. The van der Waals surface area contributed by atoms with Crippen LogP contribution in [-0.4, -0.2) is 30.4 Å². The fourth-order valence-electron chi connectivity index (χ4n) is 2.91. The Balaban J connectivity index is 1.59. The van der Waals surface area contributed by atoms with Crippen LogP contribution >= 0.6 is 0 Å². The van der Waals surface area contributed by atoms with Crippen molar-refractivity contribution >= 4 is 5.97 Å². The Hall–Kier alpha value is -3.35. The highest BCUT2D eigenvalue weighted by Gasteiger charge is 2.19. The highest BCUT2D eigenvalue weighted by atomic mass is 16.6. The summed E-state index contributed by atoms with van der Waals surface area (Å²) < 4.78 is 21.8. The maximum Gasteiger partial charge on any atom is 0.306 e. The number of aryl methyl sites for hydroxylation is 2. The van der Waals surface area contributed by atoms with Crippen molar-refractivity contribution in [2.45, 2.75) is 32.8 Å². The second-order valence-electron chi connectivity index (χ2n) is 6.60. The van der Waals surface area contributed by atoms with E-state index in [1.807, 2.05) is 49.4 Å². The van der Waals surface area contributed by atoms with Gasteiger partial charge in [0.1, 0.15) is 0 Å². The van der Waals surface area contributed by atoms with Gasteiger partial charge < -0.3 is 18.6 Å². The van der Waals surface area contributed by atoms with E-state index in [1.165, 1.54) is 0 Å². The van der Waals surface area contributed by atoms with Crippen LogP contribution in [0.5, 0.6) is 11.5 Å². The van der Waals surface area contributed by atoms with Gasteiger partial charge in [-0.15, -0.1) is 10.2 Å². The lowest BCUT2D eigenvalue weighted by molar-refractivity contribution is -0.149. The monoisotopic (exact) mass is 396 g/mol. The number of methoxy groups -OCH3 is 2. The van der Waals surface area contributed by atoms with Crippen LogP contribution in [-0.2, 0) is 16.0 Å². The van der Waals surface area contributed by atoms with E-state index in [4.69, 9.17) is 18.6 Å². The van der Waals surface area contributed by atoms with Gasteiger partial charge in [-0.05, 0) is 44.0 Å². The number of rotatable bonds is 8. The van der Waals surface area contributed by atoms with Crippen LogP contribution in [0.25, 0.3) is 11.5 Å². The first-order chi connectivity index (χ1) is 14.0. The van der Waals surface area contributed by atoms with Gasteiger partial charge in [0.15, 0.2) is 17.6 Å². The van der Waals surface area contributed by atoms with E-state index in [9.17, 15) is 4.79 Å².